The average molecular weight is 424 g/mol. The Morgan fingerprint density at radius 3 is 2.45 bits per heavy atom. The smallest absolute Gasteiger partial charge is 0.290 e. The minimum absolute atomic E-state index is 0.119. The number of aliphatic hydroxyl groups is 1. The van der Waals surface area contributed by atoms with E-state index < -0.39 is 23.1 Å². The molecule has 0 aliphatic carbocycles. The van der Waals surface area contributed by atoms with Crippen molar-refractivity contribution in [1.82, 2.24) is 4.90 Å². The highest BCUT2D eigenvalue weighted by molar-refractivity contribution is 6.10. The second-order valence-corrected chi connectivity index (χ2v) is 8.58. The number of rotatable bonds is 8. The van der Waals surface area contributed by atoms with E-state index >= 15 is 0 Å². The van der Waals surface area contributed by atoms with Crippen LogP contribution in [0.1, 0.15) is 37.9 Å². The van der Waals surface area contributed by atoms with Crippen molar-refractivity contribution in [2.75, 3.05) is 20.3 Å². The standard InChI is InChI=1S/C25H29NO5/c1-25(2,3)23(28)20-21(26(13-14-30-4)24(29)22(20)27)18-11-8-12-19(15-18)31-16-17-9-6-5-7-10-17/h5-12,15,21,27H,13-14,16H2,1-4H3. The predicted molar refractivity (Wildman–Crippen MR) is 118 cm³/mol. The molecule has 6 heteroatoms. The van der Waals surface area contributed by atoms with E-state index in [2.05, 4.69) is 0 Å². The second-order valence-electron chi connectivity index (χ2n) is 8.58. The van der Waals surface area contributed by atoms with Gasteiger partial charge in [-0.25, -0.2) is 0 Å². The monoisotopic (exact) mass is 423 g/mol. The molecule has 3 rings (SSSR count). The van der Waals surface area contributed by atoms with Crippen molar-refractivity contribution in [2.24, 2.45) is 5.41 Å². The number of benzene rings is 2. The molecule has 31 heavy (non-hydrogen) atoms. The number of ether oxygens (including phenoxy) is 2. The van der Waals surface area contributed by atoms with E-state index in [1.807, 2.05) is 54.6 Å². The SMILES string of the molecule is COCCN1C(=O)C(O)=C(C(=O)C(C)(C)C)C1c1cccc(OCc2ccccc2)c1. The zero-order valence-corrected chi connectivity index (χ0v) is 18.4. The van der Waals surface area contributed by atoms with Gasteiger partial charge in [0.1, 0.15) is 12.4 Å². The van der Waals surface area contributed by atoms with Gasteiger partial charge in [-0.3, -0.25) is 9.59 Å². The Hall–Kier alpha value is -3.12. The number of ketones is 1. The van der Waals surface area contributed by atoms with Gasteiger partial charge >= 0.3 is 0 Å². The molecular formula is C25H29NO5. The second kappa shape index (κ2) is 9.35. The summed E-state index contributed by atoms with van der Waals surface area (Å²) in [4.78, 5) is 27.5. The highest BCUT2D eigenvalue weighted by atomic mass is 16.5. The molecule has 1 aliphatic heterocycles. The van der Waals surface area contributed by atoms with Gasteiger partial charge in [0.15, 0.2) is 11.5 Å². The number of hydrogen-bond donors (Lipinski definition) is 1. The molecule has 164 valence electrons. The highest BCUT2D eigenvalue weighted by Crippen LogP contribution is 2.41. The summed E-state index contributed by atoms with van der Waals surface area (Å²) < 4.78 is 11.1. The van der Waals surface area contributed by atoms with Gasteiger partial charge in [-0.1, -0.05) is 63.2 Å². The molecule has 2 aromatic carbocycles. The van der Waals surface area contributed by atoms with Crippen molar-refractivity contribution < 1.29 is 24.2 Å². The van der Waals surface area contributed by atoms with Crippen molar-refractivity contribution in [2.45, 2.75) is 33.4 Å². The Morgan fingerprint density at radius 1 is 1.10 bits per heavy atom. The van der Waals surface area contributed by atoms with Crippen LogP contribution in [0.25, 0.3) is 0 Å². The normalized spacial score (nSPS) is 16.7. The predicted octanol–water partition coefficient (Wildman–Crippen LogP) is 4.22. The fraction of sp³-hybridized carbons (Fsp3) is 0.360. The minimum Gasteiger partial charge on any atom is -0.503 e. The summed E-state index contributed by atoms with van der Waals surface area (Å²) in [7, 11) is 1.54. The molecule has 0 fully saturated rings. The summed E-state index contributed by atoms with van der Waals surface area (Å²) >= 11 is 0. The van der Waals surface area contributed by atoms with E-state index in [-0.39, 0.29) is 24.5 Å². The van der Waals surface area contributed by atoms with Crippen LogP contribution in [-0.4, -0.2) is 42.0 Å². The number of carbonyl (C=O) groups is 2. The third-order valence-corrected chi connectivity index (χ3v) is 5.19. The summed E-state index contributed by atoms with van der Waals surface area (Å²) in [6.07, 6.45) is 0. The third kappa shape index (κ3) is 4.97. The molecule has 1 N–H and O–H groups in total. The number of methoxy groups -OCH3 is 1. The Kier molecular flexibility index (Phi) is 6.81. The van der Waals surface area contributed by atoms with E-state index in [9.17, 15) is 14.7 Å². The minimum atomic E-state index is -0.749. The Bertz CT molecular complexity index is 975. The van der Waals surface area contributed by atoms with Gasteiger partial charge in [-0.05, 0) is 23.3 Å². The molecule has 1 atom stereocenters. The first-order chi connectivity index (χ1) is 14.7. The van der Waals surface area contributed by atoms with E-state index in [4.69, 9.17) is 9.47 Å². The van der Waals surface area contributed by atoms with Gasteiger partial charge in [0.25, 0.3) is 5.91 Å². The Labute approximate surface area is 183 Å². The average Bonchev–Trinajstić information content (AvgIpc) is 3.00. The first-order valence-corrected chi connectivity index (χ1v) is 10.3. The van der Waals surface area contributed by atoms with Crippen LogP contribution in [0.15, 0.2) is 65.9 Å². The highest BCUT2D eigenvalue weighted by Gasteiger charge is 2.45. The molecule has 1 amide bonds. The van der Waals surface area contributed by atoms with Gasteiger partial charge in [0.2, 0.25) is 0 Å². The zero-order chi connectivity index (χ0) is 22.6. The quantitative estimate of drug-likeness (QED) is 0.688. The van der Waals surface area contributed by atoms with Crippen LogP contribution in [0, 0.1) is 5.41 Å². The molecule has 0 radical (unpaired) electrons. The molecule has 0 spiro atoms. The summed E-state index contributed by atoms with van der Waals surface area (Å²) in [5.74, 6) is -0.699. The van der Waals surface area contributed by atoms with Gasteiger partial charge in [0.05, 0.1) is 18.2 Å². The summed E-state index contributed by atoms with van der Waals surface area (Å²) in [5, 5.41) is 10.6. The molecule has 1 heterocycles. The lowest BCUT2D eigenvalue weighted by molar-refractivity contribution is -0.130. The van der Waals surface area contributed by atoms with Gasteiger partial charge in [0, 0.05) is 19.1 Å². The largest absolute Gasteiger partial charge is 0.503 e. The lowest BCUT2D eigenvalue weighted by atomic mass is 9.82. The summed E-state index contributed by atoms with van der Waals surface area (Å²) in [5.41, 5.74) is 1.10. The third-order valence-electron chi connectivity index (χ3n) is 5.19. The van der Waals surface area contributed by atoms with Gasteiger partial charge in [-0.2, -0.15) is 0 Å². The first kappa shape index (κ1) is 22.6. The van der Waals surface area contributed by atoms with Gasteiger partial charge in [-0.15, -0.1) is 0 Å². The van der Waals surface area contributed by atoms with Crippen LogP contribution in [-0.2, 0) is 20.9 Å². The molecular weight excluding hydrogens is 394 g/mol. The number of nitrogens with zero attached hydrogens (tertiary/aromatic N) is 1. The number of amides is 1. The molecule has 6 nitrogen and oxygen atoms in total. The fourth-order valence-corrected chi connectivity index (χ4v) is 3.57. The Morgan fingerprint density at radius 2 is 1.81 bits per heavy atom. The number of aliphatic hydroxyl groups excluding tert-OH is 1. The van der Waals surface area contributed by atoms with Crippen molar-refractivity contribution in [3.8, 4) is 5.75 Å². The molecule has 0 saturated heterocycles. The molecule has 0 saturated carbocycles. The topological polar surface area (TPSA) is 76.1 Å². The van der Waals surface area contributed by atoms with E-state index in [1.54, 1.807) is 27.9 Å². The van der Waals surface area contributed by atoms with Crippen molar-refractivity contribution >= 4 is 11.7 Å². The molecule has 0 bridgehead atoms. The molecule has 1 aliphatic rings. The first-order valence-electron chi connectivity index (χ1n) is 10.3. The summed E-state index contributed by atoms with van der Waals surface area (Å²) in [6, 6.07) is 16.4. The molecule has 2 aromatic rings. The van der Waals surface area contributed by atoms with E-state index in [0.29, 0.717) is 17.9 Å². The number of carbonyl (C=O) groups excluding carboxylic acids is 2. The number of hydrogen-bond acceptors (Lipinski definition) is 5. The van der Waals surface area contributed by atoms with Crippen LogP contribution in [0.5, 0.6) is 5.75 Å². The van der Waals surface area contributed by atoms with Crippen LogP contribution in [0.2, 0.25) is 0 Å². The molecule has 0 aromatic heterocycles. The van der Waals surface area contributed by atoms with Crippen LogP contribution >= 0.6 is 0 Å². The van der Waals surface area contributed by atoms with Crippen LogP contribution in [0.4, 0.5) is 0 Å². The van der Waals surface area contributed by atoms with Crippen LogP contribution in [0.3, 0.4) is 0 Å². The summed E-state index contributed by atoms with van der Waals surface area (Å²) in [6.45, 7) is 6.25. The lowest BCUT2D eigenvalue weighted by Gasteiger charge is -2.29. The van der Waals surface area contributed by atoms with Crippen molar-refractivity contribution in [1.29, 1.82) is 0 Å². The number of Topliss-reactive ketones (excluding diaryl/α,β-unsaturated/α-hetero) is 1. The van der Waals surface area contributed by atoms with Gasteiger partial charge < -0.3 is 19.5 Å². The fourth-order valence-electron chi connectivity index (χ4n) is 3.57. The van der Waals surface area contributed by atoms with E-state index in [1.165, 1.54) is 4.90 Å². The van der Waals surface area contributed by atoms with Crippen molar-refractivity contribution in [3.05, 3.63) is 77.1 Å². The molecule has 1 unspecified atom stereocenters. The zero-order valence-electron chi connectivity index (χ0n) is 18.4. The maximum Gasteiger partial charge on any atom is 0.290 e. The van der Waals surface area contributed by atoms with E-state index in [0.717, 1.165) is 5.56 Å². The van der Waals surface area contributed by atoms with Crippen LogP contribution < -0.4 is 4.74 Å². The maximum absolute atomic E-state index is 13.2. The Balaban J connectivity index is 1.95. The maximum atomic E-state index is 13.2. The van der Waals surface area contributed by atoms with Crippen molar-refractivity contribution in [3.63, 3.8) is 0 Å². The lowest BCUT2D eigenvalue weighted by Crippen LogP contribution is -2.35.